The molecule has 1 aromatic carbocycles. The molecular formula is C13H17NO3. The number of hydrogen-bond donors (Lipinski definition) is 2. The van der Waals surface area contributed by atoms with Crippen molar-refractivity contribution in [2.24, 2.45) is 0 Å². The summed E-state index contributed by atoms with van der Waals surface area (Å²) in [6, 6.07) is 4.92. The van der Waals surface area contributed by atoms with Gasteiger partial charge in [-0.2, -0.15) is 0 Å². The van der Waals surface area contributed by atoms with Gasteiger partial charge in [-0.3, -0.25) is 4.79 Å². The Kier molecular flexibility index (Phi) is 5.07. The summed E-state index contributed by atoms with van der Waals surface area (Å²) in [6.07, 6.45) is 4.52. The highest BCUT2D eigenvalue weighted by atomic mass is 16.5. The van der Waals surface area contributed by atoms with E-state index >= 15 is 0 Å². The number of aromatic hydroxyl groups is 1. The van der Waals surface area contributed by atoms with Crippen LogP contribution in [0.1, 0.15) is 18.9 Å². The molecule has 4 nitrogen and oxygen atoms in total. The topological polar surface area (TPSA) is 58.6 Å². The molecular weight excluding hydrogens is 218 g/mol. The molecule has 0 aromatic heterocycles. The minimum atomic E-state index is -0.0339. The second kappa shape index (κ2) is 6.58. The first-order valence-corrected chi connectivity index (χ1v) is 5.41. The van der Waals surface area contributed by atoms with Crippen molar-refractivity contribution in [3.8, 4) is 11.5 Å². The molecule has 0 fully saturated rings. The third kappa shape index (κ3) is 4.59. The molecule has 0 atom stereocenters. The number of ether oxygens (including phenoxy) is 1. The number of carbonyl (C=O) groups is 1. The van der Waals surface area contributed by atoms with Crippen molar-refractivity contribution < 1.29 is 14.6 Å². The predicted octanol–water partition coefficient (Wildman–Crippen LogP) is 1.94. The van der Waals surface area contributed by atoms with Crippen LogP contribution in [-0.2, 0) is 4.79 Å². The molecule has 0 aliphatic heterocycles. The highest BCUT2D eigenvalue weighted by Crippen LogP contribution is 2.24. The SMILES string of the molecule is COc1ccc(O)cc1C=CCCNC(C)=O. The summed E-state index contributed by atoms with van der Waals surface area (Å²) in [5, 5.41) is 12.1. The number of rotatable bonds is 5. The number of phenolic OH excluding ortho intramolecular Hbond substituents is 1. The number of amides is 1. The van der Waals surface area contributed by atoms with Crippen molar-refractivity contribution >= 4 is 12.0 Å². The molecule has 0 bridgehead atoms. The predicted molar refractivity (Wildman–Crippen MR) is 67.0 cm³/mol. The molecule has 17 heavy (non-hydrogen) atoms. The monoisotopic (exact) mass is 235 g/mol. The van der Waals surface area contributed by atoms with E-state index in [1.54, 1.807) is 25.3 Å². The lowest BCUT2D eigenvalue weighted by Gasteiger charge is -2.04. The van der Waals surface area contributed by atoms with E-state index in [0.717, 1.165) is 12.0 Å². The first kappa shape index (κ1) is 13.1. The minimum Gasteiger partial charge on any atom is -0.508 e. The maximum Gasteiger partial charge on any atom is 0.216 e. The summed E-state index contributed by atoms with van der Waals surface area (Å²) in [7, 11) is 1.58. The smallest absolute Gasteiger partial charge is 0.216 e. The third-order valence-corrected chi connectivity index (χ3v) is 2.20. The second-order valence-corrected chi connectivity index (χ2v) is 3.60. The average molecular weight is 235 g/mol. The maximum absolute atomic E-state index is 10.6. The molecule has 0 heterocycles. The van der Waals surface area contributed by atoms with Crippen molar-refractivity contribution in [1.29, 1.82) is 0 Å². The molecule has 0 radical (unpaired) electrons. The van der Waals surface area contributed by atoms with Gasteiger partial charge in [0.05, 0.1) is 7.11 Å². The van der Waals surface area contributed by atoms with Gasteiger partial charge in [0.2, 0.25) is 5.91 Å². The zero-order chi connectivity index (χ0) is 12.7. The fraction of sp³-hybridized carbons (Fsp3) is 0.308. The molecule has 0 spiro atoms. The van der Waals surface area contributed by atoms with E-state index in [0.29, 0.717) is 12.3 Å². The van der Waals surface area contributed by atoms with E-state index in [9.17, 15) is 9.90 Å². The molecule has 0 aliphatic carbocycles. The number of nitrogens with one attached hydrogen (secondary N) is 1. The molecule has 0 aliphatic rings. The first-order valence-electron chi connectivity index (χ1n) is 5.41. The van der Waals surface area contributed by atoms with Crippen LogP contribution in [0, 0.1) is 0 Å². The Morgan fingerprint density at radius 3 is 2.94 bits per heavy atom. The zero-order valence-corrected chi connectivity index (χ0v) is 10.1. The molecule has 4 heteroatoms. The molecule has 1 aromatic rings. The molecule has 1 rings (SSSR count). The van der Waals surface area contributed by atoms with E-state index in [1.807, 2.05) is 12.2 Å². The molecule has 0 unspecified atom stereocenters. The van der Waals surface area contributed by atoms with Crippen LogP contribution < -0.4 is 10.1 Å². The maximum atomic E-state index is 10.6. The third-order valence-electron chi connectivity index (χ3n) is 2.20. The van der Waals surface area contributed by atoms with Crippen molar-refractivity contribution in [2.45, 2.75) is 13.3 Å². The van der Waals surface area contributed by atoms with Gasteiger partial charge in [0.1, 0.15) is 11.5 Å². The van der Waals surface area contributed by atoms with Crippen LogP contribution >= 0.6 is 0 Å². The van der Waals surface area contributed by atoms with Crippen LogP contribution in [0.3, 0.4) is 0 Å². The highest BCUT2D eigenvalue weighted by Gasteiger charge is 1.99. The van der Waals surface area contributed by atoms with Crippen molar-refractivity contribution in [2.75, 3.05) is 13.7 Å². The number of methoxy groups -OCH3 is 1. The van der Waals surface area contributed by atoms with Crippen LogP contribution in [-0.4, -0.2) is 24.7 Å². The molecule has 2 N–H and O–H groups in total. The molecule has 1 amide bonds. The van der Waals surface area contributed by atoms with Crippen LogP contribution in [0.5, 0.6) is 11.5 Å². The number of benzene rings is 1. The Morgan fingerprint density at radius 1 is 1.53 bits per heavy atom. The van der Waals surface area contributed by atoms with E-state index in [1.165, 1.54) is 6.92 Å². The standard InChI is InChI=1S/C13H17NO3/c1-10(15)14-8-4-3-5-11-9-12(16)6-7-13(11)17-2/h3,5-7,9,16H,4,8H2,1-2H3,(H,14,15). The number of phenols is 1. The van der Waals surface area contributed by atoms with Gasteiger partial charge in [0, 0.05) is 19.0 Å². The summed E-state index contributed by atoms with van der Waals surface area (Å²) in [5.74, 6) is 0.874. The van der Waals surface area contributed by atoms with Gasteiger partial charge < -0.3 is 15.2 Å². The van der Waals surface area contributed by atoms with Crippen molar-refractivity contribution in [3.05, 3.63) is 29.8 Å². The number of carbonyl (C=O) groups excluding carboxylic acids is 1. The Morgan fingerprint density at radius 2 is 2.29 bits per heavy atom. The van der Waals surface area contributed by atoms with Gasteiger partial charge >= 0.3 is 0 Å². The van der Waals surface area contributed by atoms with Gasteiger partial charge in [-0.1, -0.05) is 12.2 Å². The lowest BCUT2D eigenvalue weighted by molar-refractivity contribution is -0.118. The first-order chi connectivity index (χ1) is 8.13. The van der Waals surface area contributed by atoms with Gasteiger partial charge in [-0.25, -0.2) is 0 Å². The normalized spacial score (nSPS) is 10.5. The van der Waals surface area contributed by atoms with Gasteiger partial charge in [0.15, 0.2) is 0 Å². The summed E-state index contributed by atoms with van der Waals surface area (Å²) in [4.78, 5) is 10.6. The van der Waals surface area contributed by atoms with Crippen LogP contribution in [0.25, 0.3) is 6.08 Å². The Hall–Kier alpha value is -1.97. The molecule has 0 saturated heterocycles. The lowest BCUT2D eigenvalue weighted by Crippen LogP contribution is -2.20. The van der Waals surface area contributed by atoms with Gasteiger partial charge in [-0.15, -0.1) is 0 Å². The summed E-state index contributed by atoms with van der Waals surface area (Å²) >= 11 is 0. The van der Waals surface area contributed by atoms with Crippen LogP contribution in [0.4, 0.5) is 0 Å². The quantitative estimate of drug-likeness (QED) is 0.767. The number of hydrogen-bond acceptors (Lipinski definition) is 3. The highest BCUT2D eigenvalue weighted by molar-refractivity contribution is 5.72. The zero-order valence-electron chi connectivity index (χ0n) is 10.1. The fourth-order valence-corrected chi connectivity index (χ4v) is 1.39. The summed E-state index contributed by atoms with van der Waals surface area (Å²) in [6.45, 7) is 2.09. The van der Waals surface area contributed by atoms with E-state index < -0.39 is 0 Å². The Labute approximate surface area is 101 Å². The summed E-state index contributed by atoms with van der Waals surface area (Å²) < 4.78 is 5.16. The van der Waals surface area contributed by atoms with E-state index in [4.69, 9.17) is 4.74 Å². The van der Waals surface area contributed by atoms with Crippen LogP contribution in [0.2, 0.25) is 0 Å². The Balaban J connectivity index is 2.57. The minimum absolute atomic E-state index is 0.0339. The van der Waals surface area contributed by atoms with Gasteiger partial charge in [-0.05, 0) is 24.6 Å². The molecule has 92 valence electrons. The largest absolute Gasteiger partial charge is 0.508 e. The van der Waals surface area contributed by atoms with Crippen LogP contribution in [0.15, 0.2) is 24.3 Å². The summed E-state index contributed by atoms with van der Waals surface area (Å²) in [5.41, 5.74) is 0.815. The average Bonchev–Trinajstić information content (AvgIpc) is 2.28. The Bertz CT molecular complexity index is 413. The van der Waals surface area contributed by atoms with Gasteiger partial charge in [0.25, 0.3) is 0 Å². The van der Waals surface area contributed by atoms with Crippen molar-refractivity contribution in [3.63, 3.8) is 0 Å². The molecule has 0 saturated carbocycles. The fourth-order valence-electron chi connectivity index (χ4n) is 1.39. The van der Waals surface area contributed by atoms with Crippen molar-refractivity contribution in [1.82, 2.24) is 5.32 Å². The second-order valence-electron chi connectivity index (χ2n) is 3.60. The lowest BCUT2D eigenvalue weighted by atomic mass is 10.1. The van der Waals surface area contributed by atoms with E-state index in [2.05, 4.69) is 5.32 Å². The van der Waals surface area contributed by atoms with E-state index in [-0.39, 0.29) is 11.7 Å².